The molecular formula is C27H24N4O6S2. The Balaban J connectivity index is 1.33. The number of thioether (sulfide) groups is 1. The standard InChI is InChI=1S/C27H24N4O6S2/c1-16(25(32)30-27-29-22(15-38-27)17-7-12-23(36-2)24(14-17)37-3)39-21-10-8-19(9-11-21)28-26(33)18-5-4-6-20(13-18)31(34)35/h4-16H,1-3H3,(H,28,33)(H,29,30,32). The number of thiazole rings is 1. The van der Waals surface area contributed by atoms with Crippen LogP contribution in [0, 0.1) is 10.1 Å². The van der Waals surface area contributed by atoms with Crippen LogP contribution in [0.15, 0.2) is 77.0 Å². The lowest BCUT2D eigenvalue weighted by molar-refractivity contribution is -0.384. The average Bonchev–Trinajstić information content (AvgIpc) is 3.42. The molecule has 3 aromatic carbocycles. The molecule has 0 saturated carbocycles. The maximum absolute atomic E-state index is 12.8. The third-order valence-corrected chi connectivity index (χ3v) is 7.40. The number of aromatic nitrogens is 1. The molecule has 10 nitrogen and oxygen atoms in total. The number of benzene rings is 3. The average molecular weight is 565 g/mol. The zero-order chi connectivity index (χ0) is 27.9. The Morgan fingerprint density at radius 1 is 1.00 bits per heavy atom. The summed E-state index contributed by atoms with van der Waals surface area (Å²) < 4.78 is 10.6. The molecule has 0 bridgehead atoms. The number of non-ortho nitro benzene ring substituents is 1. The van der Waals surface area contributed by atoms with E-state index in [0.29, 0.717) is 28.0 Å². The van der Waals surface area contributed by atoms with Gasteiger partial charge < -0.3 is 20.1 Å². The van der Waals surface area contributed by atoms with E-state index in [-0.39, 0.29) is 17.2 Å². The van der Waals surface area contributed by atoms with Gasteiger partial charge in [0.15, 0.2) is 16.6 Å². The molecule has 0 aliphatic carbocycles. The fraction of sp³-hybridized carbons (Fsp3) is 0.148. The first kappa shape index (κ1) is 27.6. The van der Waals surface area contributed by atoms with Crippen LogP contribution in [-0.2, 0) is 4.79 Å². The van der Waals surface area contributed by atoms with Crippen molar-refractivity contribution in [1.82, 2.24) is 4.98 Å². The smallest absolute Gasteiger partial charge is 0.270 e. The zero-order valence-corrected chi connectivity index (χ0v) is 22.8. The van der Waals surface area contributed by atoms with Crippen molar-refractivity contribution in [3.05, 3.63) is 87.8 Å². The predicted octanol–water partition coefficient (Wildman–Crippen LogP) is 6.11. The summed E-state index contributed by atoms with van der Waals surface area (Å²) in [6, 6.07) is 18.0. The summed E-state index contributed by atoms with van der Waals surface area (Å²) in [5, 5.41) is 18.4. The summed E-state index contributed by atoms with van der Waals surface area (Å²) in [6.45, 7) is 1.79. The van der Waals surface area contributed by atoms with Crippen molar-refractivity contribution < 1.29 is 24.0 Å². The van der Waals surface area contributed by atoms with E-state index in [1.54, 1.807) is 51.5 Å². The van der Waals surface area contributed by atoms with Crippen molar-refractivity contribution in [3.63, 3.8) is 0 Å². The van der Waals surface area contributed by atoms with E-state index in [4.69, 9.17) is 9.47 Å². The fourth-order valence-corrected chi connectivity index (χ4v) is 5.09. The highest BCUT2D eigenvalue weighted by atomic mass is 32.2. The van der Waals surface area contributed by atoms with Crippen LogP contribution in [0.25, 0.3) is 11.3 Å². The van der Waals surface area contributed by atoms with Crippen molar-refractivity contribution >= 4 is 51.4 Å². The number of methoxy groups -OCH3 is 2. The summed E-state index contributed by atoms with van der Waals surface area (Å²) in [7, 11) is 3.14. The normalized spacial score (nSPS) is 11.4. The van der Waals surface area contributed by atoms with Gasteiger partial charge in [-0.15, -0.1) is 23.1 Å². The molecule has 0 fully saturated rings. The molecule has 0 aliphatic heterocycles. The lowest BCUT2D eigenvalue weighted by Gasteiger charge is -2.11. The number of ether oxygens (including phenoxy) is 2. The van der Waals surface area contributed by atoms with Gasteiger partial charge in [0.25, 0.3) is 11.6 Å². The van der Waals surface area contributed by atoms with E-state index in [0.717, 1.165) is 10.5 Å². The molecule has 0 radical (unpaired) electrons. The Morgan fingerprint density at radius 2 is 1.74 bits per heavy atom. The molecule has 0 spiro atoms. The van der Waals surface area contributed by atoms with Gasteiger partial charge in [-0.3, -0.25) is 19.7 Å². The molecule has 2 N–H and O–H groups in total. The molecule has 0 saturated heterocycles. The molecule has 4 rings (SSSR count). The van der Waals surface area contributed by atoms with Crippen LogP contribution < -0.4 is 20.1 Å². The maximum atomic E-state index is 12.8. The SMILES string of the molecule is COc1ccc(-c2csc(NC(=O)C(C)Sc3ccc(NC(=O)c4cccc([N+](=O)[O-])c4)cc3)n2)cc1OC. The van der Waals surface area contributed by atoms with Crippen LogP contribution in [-0.4, -0.2) is 41.2 Å². The summed E-state index contributed by atoms with van der Waals surface area (Å²) in [6.07, 6.45) is 0. The van der Waals surface area contributed by atoms with Crippen LogP contribution in [0.5, 0.6) is 11.5 Å². The quantitative estimate of drug-likeness (QED) is 0.134. The van der Waals surface area contributed by atoms with Crippen molar-refractivity contribution in [2.75, 3.05) is 24.9 Å². The molecule has 39 heavy (non-hydrogen) atoms. The van der Waals surface area contributed by atoms with Gasteiger partial charge in [0, 0.05) is 39.2 Å². The van der Waals surface area contributed by atoms with Crippen LogP contribution in [0.4, 0.5) is 16.5 Å². The van der Waals surface area contributed by atoms with Crippen molar-refractivity contribution in [2.24, 2.45) is 0 Å². The Labute approximate surface area is 232 Å². The van der Waals surface area contributed by atoms with Gasteiger partial charge >= 0.3 is 0 Å². The van der Waals surface area contributed by atoms with Gasteiger partial charge in [-0.1, -0.05) is 6.07 Å². The predicted molar refractivity (Wildman–Crippen MR) is 152 cm³/mol. The van der Waals surface area contributed by atoms with E-state index in [1.165, 1.54) is 47.4 Å². The molecule has 0 aliphatic rings. The first-order valence-corrected chi connectivity index (χ1v) is 13.3. The number of nitrogens with zero attached hydrogens (tertiary/aromatic N) is 2. The molecule has 2 amide bonds. The summed E-state index contributed by atoms with van der Waals surface area (Å²) in [4.78, 5) is 41.0. The molecule has 12 heteroatoms. The minimum Gasteiger partial charge on any atom is -0.493 e. The van der Waals surface area contributed by atoms with Crippen molar-refractivity contribution in [2.45, 2.75) is 17.1 Å². The zero-order valence-electron chi connectivity index (χ0n) is 21.2. The molecule has 1 unspecified atom stereocenters. The van der Waals surface area contributed by atoms with E-state index in [9.17, 15) is 19.7 Å². The van der Waals surface area contributed by atoms with Gasteiger partial charge in [-0.2, -0.15) is 0 Å². The Morgan fingerprint density at radius 3 is 2.44 bits per heavy atom. The van der Waals surface area contributed by atoms with Gasteiger partial charge in [-0.05, 0) is 55.5 Å². The lowest BCUT2D eigenvalue weighted by atomic mass is 10.1. The first-order chi connectivity index (χ1) is 18.8. The topological polar surface area (TPSA) is 133 Å². The number of anilines is 2. The van der Waals surface area contributed by atoms with E-state index >= 15 is 0 Å². The van der Waals surface area contributed by atoms with Gasteiger partial charge in [0.1, 0.15) is 0 Å². The van der Waals surface area contributed by atoms with Crippen LogP contribution in [0.2, 0.25) is 0 Å². The second-order valence-corrected chi connectivity index (χ2v) is 10.4. The second-order valence-electron chi connectivity index (χ2n) is 8.14. The number of hydrogen-bond acceptors (Lipinski definition) is 9. The monoisotopic (exact) mass is 564 g/mol. The van der Waals surface area contributed by atoms with Crippen molar-refractivity contribution in [1.29, 1.82) is 0 Å². The number of amides is 2. The third-order valence-electron chi connectivity index (χ3n) is 5.53. The van der Waals surface area contributed by atoms with E-state index in [1.807, 2.05) is 17.5 Å². The molecular weight excluding hydrogens is 540 g/mol. The van der Waals surface area contributed by atoms with E-state index < -0.39 is 16.1 Å². The number of nitrogens with one attached hydrogen (secondary N) is 2. The number of nitro groups is 1. The maximum Gasteiger partial charge on any atom is 0.270 e. The number of rotatable bonds is 10. The third kappa shape index (κ3) is 6.92. The minimum absolute atomic E-state index is 0.156. The lowest BCUT2D eigenvalue weighted by Crippen LogP contribution is -2.22. The van der Waals surface area contributed by atoms with Gasteiger partial charge in [-0.25, -0.2) is 4.98 Å². The highest BCUT2D eigenvalue weighted by Crippen LogP contribution is 2.34. The van der Waals surface area contributed by atoms with Crippen LogP contribution >= 0.6 is 23.1 Å². The largest absolute Gasteiger partial charge is 0.493 e. The number of carbonyl (C=O) groups is 2. The van der Waals surface area contributed by atoms with Crippen LogP contribution in [0.1, 0.15) is 17.3 Å². The summed E-state index contributed by atoms with van der Waals surface area (Å²) in [5.74, 6) is 0.556. The van der Waals surface area contributed by atoms with Gasteiger partial charge in [0.2, 0.25) is 5.91 Å². The summed E-state index contributed by atoms with van der Waals surface area (Å²) in [5.41, 5.74) is 2.10. The molecule has 1 heterocycles. The molecule has 1 atom stereocenters. The highest BCUT2D eigenvalue weighted by Gasteiger charge is 2.17. The number of nitro benzene ring substituents is 1. The van der Waals surface area contributed by atoms with Crippen LogP contribution in [0.3, 0.4) is 0 Å². The number of hydrogen-bond donors (Lipinski definition) is 2. The van der Waals surface area contributed by atoms with Gasteiger partial charge in [0.05, 0.1) is 30.1 Å². The second kappa shape index (κ2) is 12.4. The highest BCUT2D eigenvalue weighted by molar-refractivity contribution is 8.00. The molecule has 4 aromatic rings. The molecule has 200 valence electrons. The summed E-state index contributed by atoms with van der Waals surface area (Å²) >= 11 is 2.69. The fourth-order valence-electron chi connectivity index (χ4n) is 3.50. The number of carbonyl (C=O) groups excluding carboxylic acids is 2. The Kier molecular flexibility index (Phi) is 8.79. The Hall–Kier alpha value is -4.42. The molecule has 1 aromatic heterocycles. The Bertz CT molecular complexity index is 1510. The van der Waals surface area contributed by atoms with E-state index in [2.05, 4.69) is 15.6 Å². The minimum atomic E-state index is -0.550. The van der Waals surface area contributed by atoms with Crippen molar-refractivity contribution in [3.8, 4) is 22.8 Å². The first-order valence-electron chi connectivity index (χ1n) is 11.6.